The topological polar surface area (TPSA) is 54.4 Å². The number of carboxylic acids is 1. The van der Waals surface area contributed by atoms with Gasteiger partial charge < -0.3 is 5.11 Å². The molecule has 1 N–H and O–H groups in total. The zero-order valence-corrected chi connectivity index (χ0v) is 9.54. The monoisotopic (exact) mass is 238 g/mol. The zero-order valence-electron chi connectivity index (χ0n) is 8.79. The normalized spacial score (nSPS) is 18.0. The average molecular weight is 239 g/mol. The number of benzene rings is 1. The first kappa shape index (κ1) is 11.1. The van der Waals surface area contributed by atoms with E-state index >= 15 is 0 Å². The molecule has 3 nitrogen and oxygen atoms in total. The van der Waals surface area contributed by atoms with Crippen LogP contribution in [0.4, 0.5) is 0 Å². The molecule has 0 heterocycles. The Kier molecular flexibility index (Phi) is 2.50. The zero-order chi connectivity index (χ0) is 11.9. The Morgan fingerprint density at radius 1 is 1.44 bits per heavy atom. The molecule has 1 aromatic carbocycles. The molecule has 1 fully saturated rings. The average Bonchev–Trinajstić information content (AvgIpc) is 2.16. The number of carbonyl (C=O) groups is 2. The van der Waals surface area contributed by atoms with E-state index in [4.69, 9.17) is 11.6 Å². The number of rotatable bonds is 2. The highest BCUT2D eigenvalue weighted by Gasteiger charge is 2.52. The van der Waals surface area contributed by atoms with Crippen LogP contribution in [-0.2, 0) is 15.0 Å². The van der Waals surface area contributed by atoms with Crippen LogP contribution in [0.2, 0.25) is 5.02 Å². The fourth-order valence-corrected chi connectivity index (χ4v) is 2.38. The number of carbonyl (C=O) groups excluding carboxylic acids is 1. The highest BCUT2D eigenvalue weighted by atomic mass is 35.5. The van der Waals surface area contributed by atoms with E-state index < -0.39 is 11.4 Å². The molecule has 0 radical (unpaired) electrons. The fraction of sp³-hybridized carbons (Fsp3) is 0.333. The van der Waals surface area contributed by atoms with E-state index in [-0.39, 0.29) is 18.6 Å². The predicted molar refractivity (Wildman–Crippen MR) is 59.7 cm³/mol. The van der Waals surface area contributed by atoms with Crippen LogP contribution in [0.3, 0.4) is 0 Å². The number of aryl methyl sites for hydroxylation is 1. The highest BCUT2D eigenvalue weighted by Crippen LogP contribution is 2.44. The summed E-state index contributed by atoms with van der Waals surface area (Å²) in [6, 6.07) is 5.25. The van der Waals surface area contributed by atoms with Gasteiger partial charge in [0.25, 0.3) is 0 Å². The molecule has 1 aliphatic rings. The Hall–Kier alpha value is -1.35. The molecule has 84 valence electrons. The van der Waals surface area contributed by atoms with Gasteiger partial charge in [0.05, 0.1) is 0 Å². The smallest absolute Gasteiger partial charge is 0.315 e. The summed E-state index contributed by atoms with van der Waals surface area (Å²) in [7, 11) is 0. The van der Waals surface area contributed by atoms with Crippen molar-refractivity contribution >= 4 is 23.4 Å². The van der Waals surface area contributed by atoms with E-state index in [1.54, 1.807) is 12.1 Å². The SMILES string of the molecule is Cc1ccc(Cl)c(C2(C(=O)O)CC(=O)C2)c1. The van der Waals surface area contributed by atoms with Gasteiger partial charge in [-0.2, -0.15) is 0 Å². The van der Waals surface area contributed by atoms with E-state index in [0.717, 1.165) is 5.56 Å². The molecule has 0 saturated heterocycles. The number of halogens is 1. The standard InChI is InChI=1S/C12H11ClO3/c1-7-2-3-10(13)9(4-7)12(11(15)16)5-8(14)6-12/h2-4H,5-6H2,1H3,(H,15,16). The van der Waals surface area contributed by atoms with Gasteiger partial charge in [-0.25, -0.2) is 0 Å². The molecule has 0 aromatic heterocycles. The maximum Gasteiger partial charge on any atom is 0.315 e. The van der Waals surface area contributed by atoms with E-state index in [1.165, 1.54) is 0 Å². The summed E-state index contributed by atoms with van der Waals surface area (Å²) in [5, 5.41) is 9.68. The van der Waals surface area contributed by atoms with Crippen LogP contribution in [0.1, 0.15) is 24.0 Å². The first-order valence-corrected chi connectivity index (χ1v) is 5.35. The second kappa shape index (κ2) is 3.59. The molecule has 0 bridgehead atoms. The van der Waals surface area contributed by atoms with Crippen LogP contribution in [0, 0.1) is 6.92 Å². The lowest BCUT2D eigenvalue weighted by atomic mass is 9.63. The third-order valence-electron chi connectivity index (χ3n) is 3.04. The Bertz CT molecular complexity index is 471. The van der Waals surface area contributed by atoms with E-state index in [0.29, 0.717) is 10.6 Å². The van der Waals surface area contributed by atoms with Crippen LogP contribution in [0.5, 0.6) is 0 Å². The summed E-state index contributed by atoms with van der Waals surface area (Å²) in [5.74, 6) is -1.00. The van der Waals surface area contributed by atoms with Gasteiger partial charge >= 0.3 is 5.97 Å². The highest BCUT2D eigenvalue weighted by molar-refractivity contribution is 6.32. The van der Waals surface area contributed by atoms with Crippen LogP contribution in [0.25, 0.3) is 0 Å². The van der Waals surface area contributed by atoms with Crippen LogP contribution < -0.4 is 0 Å². The number of hydrogen-bond acceptors (Lipinski definition) is 2. The largest absolute Gasteiger partial charge is 0.481 e. The van der Waals surface area contributed by atoms with Crippen molar-refractivity contribution in [2.45, 2.75) is 25.2 Å². The van der Waals surface area contributed by atoms with Gasteiger partial charge in [-0.15, -0.1) is 0 Å². The van der Waals surface area contributed by atoms with E-state index in [1.807, 2.05) is 13.0 Å². The lowest BCUT2D eigenvalue weighted by Gasteiger charge is -2.37. The molecule has 0 amide bonds. The minimum atomic E-state index is -1.10. The number of Topliss-reactive ketones (excluding diaryl/α,β-unsaturated/α-hetero) is 1. The van der Waals surface area contributed by atoms with Crippen molar-refractivity contribution in [1.82, 2.24) is 0 Å². The van der Waals surface area contributed by atoms with Gasteiger partial charge in [0, 0.05) is 17.9 Å². The van der Waals surface area contributed by atoms with E-state index in [9.17, 15) is 14.7 Å². The van der Waals surface area contributed by atoms with Gasteiger partial charge in [-0.05, 0) is 18.6 Å². The molecule has 0 spiro atoms. The lowest BCUT2D eigenvalue weighted by molar-refractivity contribution is -0.153. The summed E-state index contributed by atoms with van der Waals surface area (Å²) in [6.45, 7) is 1.87. The summed E-state index contributed by atoms with van der Waals surface area (Å²) in [6.07, 6.45) is 0.0943. The van der Waals surface area contributed by atoms with Crippen molar-refractivity contribution in [3.63, 3.8) is 0 Å². The molecular weight excluding hydrogens is 228 g/mol. The lowest BCUT2D eigenvalue weighted by Crippen LogP contribution is -2.48. The molecule has 16 heavy (non-hydrogen) atoms. The Labute approximate surface area is 98.0 Å². The van der Waals surface area contributed by atoms with Gasteiger partial charge in [0.1, 0.15) is 11.2 Å². The Morgan fingerprint density at radius 2 is 2.06 bits per heavy atom. The third-order valence-corrected chi connectivity index (χ3v) is 3.37. The summed E-state index contributed by atoms with van der Waals surface area (Å²) < 4.78 is 0. The fourth-order valence-electron chi connectivity index (χ4n) is 2.08. The molecular formula is C12H11ClO3. The van der Waals surface area contributed by atoms with Gasteiger partial charge in [-0.1, -0.05) is 29.3 Å². The maximum atomic E-state index is 11.3. The van der Waals surface area contributed by atoms with Gasteiger partial charge in [0.15, 0.2) is 0 Å². The predicted octanol–water partition coefficient (Wildman–Crippen LogP) is 2.33. The summed E-state index contributed by atoms with van der Waals surface area (Å²) in [4.78, 5) is 22.4. The van der Waals surface area contributed by atoms with Crippen molar-refractivity contribution in [3.05, 3.63) is 34.3 Å². The number of aliphatic carboxylic acids is 1. The Balaban J connectivity index is 2.52. The van der Waals surface area contributed by atoms with Crippen molar-refractivity contribution in [2.75, 3.05) is 0 Å². The number of hydrogen-bond donors (Lipinski definition) is 1. The van der Waals surface area contributed by atoms with E-state index in [2.05, 4.69) is 0 Å². The summed E-state index contributed by atoms with van der Waals surface area (Å²) >= 11 is 6.01. The minimum Gasteiger partial charge on any atom is -0.481 e. The van der Waals surface area contributed by atoms with Crippen LogP contribution >= 0.6 is 11.6 Å². The Morgan fingerprint density at radius 3 is 2.56 bits per heavy atom. The second-order valence-corrected chi connectivity index (χ2v) is 4.67. The van der Waals surface area contributed by atoms with Crippen molar-refractivity contribution < 1.29 is 14.7 Å². The molecule has 0 atom stereocenters. The molecule has 1 aliphatic carbocycles. The van der Waals surface area contributed by atoms with Crippen LogP contribution in [-0.4, -0.2) is 16.9 Å². The molecule has 2 rings (SSSR count). The summed E-state index contributed by atoms with van der Waals surface area (Å²) in [5.41, 5.74) is 0.404. The van der Waals surface area contributed by atoms with Crippen molar-refractivity contribution in [2.24, 2.45) is 0 Å². The number of ketones is 1. The van der Waals surface area contributed by atoms with Crippen molar-refractivity contribution in [1.29, 1.82) is 0 Å². The molecule has 0 aliphatic heterocycles. The quantitative estimate of drug-likeness (QED) is 0.860. The minimum absolute atomic E-state index is 0.0278. The first-order valence-electron chi connectivity index (χ1n) is 4.97. The van der Waals surface area contributed by atoms with Crippen LogP contribution in [0.15, 0.2) is 18.2 Å². The number of carboxylic acid groups (broad SMARTS) is 1. The van der Waals surface area contributed by atoms with Crippen molar-refractivity contribution in [3.8, 4) is 0 Å². The molecule has 1 saturated carbocycles. The molecule has 0 unspecified atom stereocenters. The van der Waals surface area contributed by atoms with Gasteiger partial charge in [0.2, 0.25) is 0 Å². The second-order valence-electron chi connectivity index (χ2n) is 4.26. The third kappa shape index (κ3) is 1.52. The molecule has 4 heteroatoms. The van der Waals surface area contributed by atoms with Gasteiger partial charge in [-0.3, -0.25) is 9.59 Å². The first-order chi connectivity index (χ1) is 7.45. The maximum absolute atomic E-state index is 11.3. The molecule has 1 aromatic rings.